The normalized spacial score (nSPS) is 12.8. The van der Waals surface area contributed by atoms with Gasteiger partial charge in [0.2, 0.25) is 0 Å². The maximum absolute atomic E-state index is 2.49. The Hall–Kier alpha value is -12.0. The Labute approximate surface area is 632 Å². The van der Waals surface area contributed by atoms with E-state index in [0.29, 0.717) is 0 Å². The van der Waals surface area contributed by atoms with E-state index in [2.05, 4.69) is 386 Å². The fourth-order valence-electron chi connectivity index (χ4n) is 18.2. The van der Waals surface area contributed by atoms with E-state index >= 15 is 0 Å². The summed E-state index contributed by atoms with van der Waals surface area (Å²) in [5.74, 6) is 0. The predicted octanol–water partition coefficient (Wildman–Crippen LogP) is 31.3. The van der Waals surface area contributed by atoms with E-state index in [9.17, 15) is 0 Å². The molecule has 0 aliphatic rings. The minimum absolute atomic E-state index is 0.0830. The highest BCUT2D eigenvalue weighted by Gasteiger charge is 2.27. The van der Waals surface area contributed by atoms with Crippen molar-refractivity contribution in [3.8, 4) is 66.8 Å². The third kappa shape index (κ3) is 10.6. The number of fused-ring (bicyclic) bond motifs is 2. The molecule has 0 radical (unpaired) electrons. The van der Waals surface area contributed by atoms with Gasteiger partial charge in [0.15, 0.2) is 0 Å². The predicted molar refractivity (Wildman–Crippen MR) is 473 cm³/mol. The number of hydrogen-bond acceptors (Lipinski definition) is 0. The van der Waals surface area contributed by atoms with E-state index in [1.54, 1.807) is 0 Å². The van der Waals surface area contributed by atoms with Gasteiger partial charge in [-0.25, -0.2) is 0 Å². The van der Waals surface area contributed by atoms with Gasteiger partial charge in [-0.05, 0) is 293 Å². The summed E-state index contributed by atoms with van der Waals surface area (Å²) in [5.41, 5.74) is 20.6. The van der Waals surface area contributed by atoms with Crippen LogP contribution in [0.3, 0.4) is 0 Å². The average molecular weight is 1380 g/mol. The van der Waals surface area contributed by atoms with Gasteiger partial charge in [-0.15, -0.1) is 0 Å². The molecule has 21 aromatic rings. The molecule has 0 bridgehead atoms. The Morgan fingerprint density at radius 3 is 0.574 bits per heavy atom. The monoisotopic (exact) mass is 1380 g/mol. The lowest BCUT2D eigenvalue weighted by Gasteiger charge is -2.28. The van der Waals surface area contributed by atoms with Crippen molar-refractivity contribution < 1.29 is 0 Å². The first-order valence-electron chi connectivity index (χ1n) is 38.7. The molecule has 0 amide bonds. The Morgan fingerprint density at radius 1 is 0.139 bits per heavy atom. The second kappa shape index (κ2) is 23.8. The van der Waals surface area contributed by atoms with Crippen molar-refractivity contribution in [2.45, 2.75) is 105 Å². The largest absolute Gasteiger partial charge is 0.0610 e. The zero-order valence-corrected chi connectivity index (χ0v) is 63.9. The Morgan fingerprint density at radius 2 is 0.343 bits per heavy atom. The van der Waals surface area contributed by atoms with Crippen molar-refractivity contribution >= 4 is 140 Å². The van der Waals surface area contributed by atoms with Gasteiger partial charge < -0.3 is 0 Å². The van der Waals surface area contributed by atoms with Gasteiger partial charge >= 0.3 is 0 Å². The third-order valence-electron chi connectivity index (χ3n) is 24.2. The summed E-state index contributed by atoms with van der Waals surface area (Å²) >= 11 is 0. The summed E-state index contributed by atoms with van der Waals surface area (Å²) < 4.78 is 0. The highest BCUT2D eigenvalue weighted by molar-refractivity contribution is 6.34. The van der Waals surface area contributed by atoms with Gasteiger partial charge in [0.25, 0.3) is 0 Å². The zero-order valence-electron chi connectivity index (χ0n) is 63.9. The minimum atomic E-state index is 0.0830. The SMILES string of the molecule is CC(C)(C)c1cc2cc(C(C)(C)C)cc3c4cc(C(C)(C)C)cc5cc(C(C)(C)C)cc(c(c1)c23)c54.c1cc2ccc3ccc(-c4ccc(-c5cc(-c6ccc(-c7ccc8ccc9cccc%10ccc7c8c9%10)cc6)cc(-c6ccc(-c7ccc8ccc9cccc%10ccc7c8c9%10)cc6)c5)cc4)c4ccc(c1)c2c34. The highest BCUT2D eigenvalue weighted by Crippen LogP contribution is 2.50. The van der Waals surface area contributed by atoms with Crippen LogP contribution in [-0.2, 0) is 21.7 Å². The Kier molecular flexibility index (Phi) is 14.4. The van der Waals surface area contributed by atoms with E-state index in [-0.39, 0.29) is 21.7 Å². The van der Waals surface area contributed by atoms with Crippen LogP contribution in [0.15, 0.2) is 303 Å². The second-order valence-corrected chi connectivity index (χ2v) is 35.2. The molecular weight excluding hydrogens is 1300 g/mol. The first-order valence-corrected chi connectivity index (χ1v) is 38.7. The maximum Gasteiger partial charge on any atom is -0.00206 e. The molecule has 0 saturated carbocycles. The van der Waals surface area contributed by atoms with Crippen LogP contribution in [0, 0.1) is 0 Å². The average Bonchev–Trinajstić information content (AvgIpc) is 0.706. The molecule has 518 valence electrons. The molecule has 0 fully saturated rings. The van der Waals surface area contributed by atoms with Crippen LogP contribution in [-0.4, -0.2) is 0 Å². The quantitative estimate of drug-likeness (QED) is 0.115. The fraction of sp³-hybridized carbons (Fsp3) is 0.148. The summed E-state index contributed by atoms with van der Waals surface area (Å²) in [6.45, 7) is 28.0. The first-order chi connectivity index (χ1) is 52.0. The standard InChI is InChI=1S/C72H42.C36H44/c1-4-49-22-25-55-28-34-61(64-37-31-52(7-1)67(49)70(55)64)46-16-10-43(11-17-46)58-40-59(44-12-18-47(19-13-44)62-35-29-56-26-23-50-5-2-8-53-32-38-65(62)71(56)68(50)53)42-60(41-58)45-14-20-48(21-15-45)63-36-30-57-27-24-51-6-3-9-54-33-39-66(63)72(57)69(51)54;1-33(2,3)23-13-21-14-24(34(4,5)6)19-29-30-20-26(36(10,11)12)16-22-15-25(35(7,8)9)18-28(32(22)30)27(17-23)31(21)29/h1-42H;13-20H,1-12H3. The molecule has 0 aliphatic heterocycles. The van der Waals surface area contributed by atoms with Crippen molar-refractivity contribution in [1.82, 2.24) is 0 Å². The molecule has 0 nitrogen and oxygen atoms in total. The first kappa shape index (κ1) is 65.5. The lowest BCUT2D eigenvalue weighted by Crippen LogP contribution is -2.14. The number of benzene rings is 21. The molecule has 21 rings (SSSR count). The molecule has 0 spiro atoms. The molecular formula is C108H86. The van der Waals surface area contributed by atoms with Crippen molar-refractivity contribution in [3.05, 3.63) is 326 Å². The van der Waals surface area contributed by atoms with Crippen LogP contribution in [0.5, 0.6) is 0 Å². The number of hydrogen-bond donors (Lipinski definition) is 0. The van der Waals surface area contributed by atoms with E-state index < -0.39 is 0 Å². The minimum Gasteiger partial charge on any atom is -0.0610 e. The molecule has 0 aromatic heterocycles. The van der Waals surface area contributed by atoms with Gasteiger partial charge in [0.1, 0.15) is 0 Å². The molecule has 0 aliphatic carbocycles. The topological polar surface area (TPSA) is 0 Å². The summed E-state index contributed by atoms with van der Waals surface area (Å²) in [7, 11) is 0. The van der Waals surface area contributed by atoms with Crippen LogP contribution in [0.1, 0.15) is 105 Å². The Balaban J connectivity index is 0.000000180. The van der Waals surface area contributed by atoms with E-state index in [1.807, 2.05) is 0 Å². The van der Waals surface area contributed by atoms with Crippen molar-refractivity contribution in [3.63, 3.8) is 0 Å². The van der Waals surface area contributed by atoms with Crippen molar-refractivity contribution in [2.24, 2.45) is 0 Å². The molecule has 0 saturated heterocycles. The van der Waals surface area contributed by atoms with Crippen LogP contribution in [0.4, 0.5) is 0 Å². The summed E-state index contributed by atoms with van der Waals surface area (Å²) in [6.07, 6.45) is 0. The van der Waals surface area contributed by atoms with Gasteiger partial charge in [-0.3, -0.25) is 0 Å². The molecule has 0 heterocycles. The zero-order chi connectivity index (χ0) is 73.6. The fourth-order valence-corrected chi connectivity index (χ4v) is 18.2. The van der Waals surface area contributed by atoms with Gasteiger partial charge in [0.05, 0.1) is 0 Å². The summed E-state index contributed by atoms with van der Waals surface area (Å²) in [6, 6.07) is 116. The lowest BCUT2D eigenvalue weighted by molar-refractivity contribution is 0.589. The highest BCUT2D eigenvalue weighted by atomic mass is 14.3. The molecule has 0 N–H and O–H groups in total. The van der Waals surface area contributed by atoms with Crippen LogP contribution in [0.25, 0.3) is 207 Å². The second-order valence-electron chi connectivity index (χ2n) is 35.2. The van der Waals surface area contributed by atoms with Crippen LogP contribution in [0.2, 0.25) is 0 Å². The Bertz CT molecular complexity index is 6400. The van der Waals surface area contributed by atoms with Gasteiger partial charge in [-0.1, -0.05) is 344 Å². The van der Waals surface area contributed by atoms with E-state index in [4.69, 9.17) is 0 Å². The van der Waals surface area contributed by atoms with Crippen molar-refractivity contribution in [1.29, 1.82) is 0 Å². The van der Waals surface area contributed by atoms with Gasteiger partial charge in [-0.2, -0.15) is 0 Å². The van der Waals surface area contributed by atoms with Crippen molar-refractivity contribution in [2.75, 3.05) is 0 Å². The summed E-state index contributed by atoms with van der Waals surface area (Å²) in [5, 5.41) is 34.8. The molecule has 0 heteroatoms. The van der Waals surface area contributed by atoms with Crippen LogP contribution < -0.4 is 0 Å². The summed E-state index contributed by atoms with van der Waals surface area (Å²) in [4.78, 5) is 0. The lowest BCUT2D eigenvalue weighted by atomic mass is 9.76. The molecule has 0 atom stereocenters. The molecule has 0 unspecified atom stereocenters. The molecule has 21 aromatic carbocycles. The van der Waals surface area contributed by atoms with E-state index in [1.165, 1.54) is 229 Å². The molecule has 108 heavy (non-hydrogen) atoms. The third-order valence-corrected chi connectivity index (χ3v) is 24.2. The van der Waals surface area contributed by atoms with E-state index in [0.717, 1.165) is 0 Å². The van der Waals surface area contributed by atoms with Crippen LogP contribution >= 0.6 is 0 Å². The maximum atomic E-state index is 2.49. The smallest absolute Gasteiger partial charge is 0.00206 e. The number of rotatable bonds is 6. The van der Waals surface area contributed by atoms with Gasteiger partial charge in [0, 0.05) is 0 Å².